The summed E-state index contributed by atoms with van der Waals surface area (Å²) in [4.78, 5) is 56.6. The normalized spacial score (nSPS) is 16.9. The second kappa shape index (κ2) is 12.4. The van der Waals surface area contributed by atoms with Crippen LogP contribution in [0.3, 0.4) is 0 Å². The van der Waals surface area contributed by atoms with Crippen LogP contribution in [0.15, 0.2) is 59.6 Å². The van der Waals surface area contributed by atoms with Crippen LogP contribution in [0.2, 0.25) is 0 Å². The first-order chi connectivity index (χ1) is 19.8. The monoisotopic (exact) mass is 571 g/mol. The molecule has 2 aromatic carbocycles. The minimum absolute atomic E-state index is 0.0393. The molecule has 1 aromatic heterocycles. The van der Waals surface area contributed by atoms with Gasteiger partial charge in [-0.05, 0) is 85.8 Å². The number of aromatic nitrogens is 1. The molecule has 1 atom stereocenters. The van der Waals surface area contributed by atoms with Gasteiger partial charge in [-0.25, -0.2) is 19.1 Å². The largest absolute Gasteiger partial charge is 0.454 e. The number of esters is 1. The van der Waals surface area contributed by atoms with Crippen LogP contribution in [-0.4, -0.2) is 40.4 Å². The Bertz CT molecular complexity index is 1550. The number of imide groups is 1. The quantitative estimate of drug-likeness (QED) is 0.215. The number of carbonyl (C=O) groups excluding carboxylic acids is 4. The number of thioether (sulfide) groups is 1. The highest BCUT2D eigenvalue weighted by atomic mass is 32.2. The highest BCUT2D eigenvalue weighted by molar-refractivity contribution is 8.00. The van der Waals surface area contributed by atoms with E-state index in [0.29, 0.717) is 16.3 Å². The molecule has 1 aliphatic carbocycles. The first kappa shape index (κ1) is 28.2. The lowest BCUT2D eigenvalue weighted by Crippen LogP contribution is -2.31. The second-order valence-electron chi connectivity index (χ2n) is 9.90. The summed E-state index contributed by atoms with van der Waals surface area (Å²) in [5, 5.41) is 9.48. The number of rotatable bonds is 7. The summed E-state index contributed by atoms with van der Waals surface area (Å²) in [7, 11) is 0. The molecule has 3 aromatic rings. The number of amides is 2. The maximum Gasteiger partial charge on any atom is 0.338 e. The number of hydrogen-bond donors (Lipinski definition) is 0. The van der Waals surface area contributed by atoms with Gasteiger partial charge in [-0.3, -0.25) is 14.4 Å². The molecule has 10 heteroatoms. The van der Waals surface area contributed by atoms with Gasteiger partial charge >= 0.3 is 5.97 Å². The lowest BCUT2D eigenvalue weighted by molar-refractivity contribution is -0.121. The number of ketones is 1. The Labute approximate surface area is 240 Å². The third-order valence-electron chi connectivity index (χ3n) is 7.11. The minimum Gasteiger partial charge on any atom is -0.454 e. The van der Waals surface area contributed by atoms with Crippen LogP contribution >= 0.6 is 11.8 Å². The molecule has 1 saturated heterocycles. The van der Waals surface area contributed by atoms with Crippen molar-refractivity contribution in [2.45, 2.75) is 55.2 Å². The number of carbonyl (C=O) groups is 4. The summed E-state index contributed by atoms with van der Waals surface area (Å²) < 4.78 is 18.1. The molecule has 41 heavy (non-hydrogen) atoms. The molecule has 0 radical (unpaired) electrons. The van der Waals surface area contributed by atoms with Crippen molar-refractivity contribution in [3.63, 3.8) is 0 Å². The van der Waals surface area contributed by atoms with Crippen molar-refractivity contribution in [3.05, 3.63) is 88.4 Å². The molecule has 0 N–H and O–H groups in total. The molecular weight excluding hydrogens is 545 g/mol. The van der Waals surface area contributed by atoms with Crippen LogP contribution in [0.1, 0.15) is 69.6 Å². The van der Waals surface area contributed by atoms with E-state index in [1.54, 1.807) is 0 Å². The van der Waals surface area contributed by atoms with Crippen molar-refractivity contribution in [1.29, 1.82) is 5.26 Å². The van der Waals surface area contributed by atoms with Gasteiger partial charge in [-0.1, -0.05) is 24.6 Å². The summed E-state index contributed by atoms with van der Waals surface area (Å²) in [5.74, 6) is -2.53. The number of nitrogens with zero attached hydrogens (tertiary/aromatic N) is 3. The Kier molecular flexibility index (Phi) is 8.55. The number of halogens is 1. The van der Waals surface area contributed by atoms with Gasteiger partial charge < -0.3 is 4.74 Å². The van der Waals surface area contributed by atoms with Gasteiger partial charge in [0.15, 0.2) is 12.4 Å². The minimum atomic E-state index is -0.756. The van der Waals surface area contributed by atoms with Crippen molar-refractivity contribution < 1.29 is 28.3 Å². The van der Waals surface area contributed by atoms with Crippen LogP contribution < -0.4 is 4.90 Å². The molecule has 2 amide bonds. The molecule has 0 spiro atoms. The molecule has 208 valence electrons. The number of ether oxygens (including phenoxy) is 1. The van der Waals surface area contributed by atoms with Gasteiger partial charge in [0.25, 0.3) is 0 Å². The zero-order valence-corrected chi connectivity index (χ0v) is 22.9. The molecule has 1 aliphatic heterocycles. The van der Waals surface area contributed by atoms with E-state index in [9.17, 15) is 28.8 Å². The molecule has 5 rings (SSSR count). The third-order valence-corrected chi connectivity index (χ3v) is 8.29. The molecule has 1 unspecified atom stereocenters. The Morgan fingerprint density at radius 2 is 1.68 bits per heavy atom. The van der Waals surface area contributed by atoms with E-state index in [1.807, 2.05) is 6.07 Å². The second-order valence-corrected chi connectivity index (χ2v) is 11.1. The van der Waals surface area contributed by atoms with E-state index in [4.69, 9.17) is 9.72 Å². The average Bonchev–Trinajstić information content (AvgIpc) is 3.24. The first-order valence-electron chi connectivity index (χ1n) is 13.4. The number of nitriles is 1. The fourth-order valence-electron chi connectivity index (χ4n) is 4.92. The summed E-state index contributed by atoms with van der Waals surface area (Å²) in [6.07, 6.45) is 6.05. The SMILES string of the molecule is N#Cc1cc2c(nc1SC1CC(=O)N(c3ccc(C(=O)OCC(=O)c4ccc(F)cc4)cc3)C1=O)CCCCCC2. The molecule has 0 saturated carbocycles. The zero-order chi connectivity index (χ0) is 28.9. The maximum absolute atomic E-state index is 13.3. The van der Waals surface area contributed by atoms with Crippen molar-refractivity contribution >= 4 is 41.0 Å². The zero-order valence-electron chi connectivity index (χ0n) is 22.1. The van der Waals surface area contributed by atoms with Crippen molar-refractivity contribution in [3.8, 4) is 6.07 Å². The van der Waals surface area contributed by atoms with E-state index in [-0.39, 0.29) is 17.5 Å². The topological polar surface area (TPSA) is 117 Å². The molecule has 1 fully saturated rings. The van der Waals surface area contributed by atoms with Crippen LogP contribution in [0, 0.1) is 17.1 Å². The van der Waals surface area contributed by atoms with Gasteiger partial charge in [-0.15, -0.1) is 0 Å². The summed E-state index contributed by atoms with van der Waals surface area (Å²) in [6.45, 7) is -0.518. The molecule has 8 nitrogen and oxygen atoms in total. The molecule has 0 bridgehead atoms. The number of Topliss-reactive ketones (excluding diaryl/α,β-unsaturated/α-hetero) is 1. The smallest absolute Gasteiger partial charge is 0.338 e. The standard InChI is InChI=1S/C31H26FN3O5S/c32-23-11-7-19(8-12-23)26(36)18-40-31(39)20-9-13-24(14-10-20)35-28(37)16-27(30(35)38)41-29-22(17-33)15-21-5-3-1-2-4-6-25(21)34-29/h7-15,27H,1-6,16,18H2. The Balaban J connectivity index is 1.24. The van der Waals surface area contributed by atoms with Crippen LogP contribution in [0.4, 0.5) is 10.1 Å². The lowest BCUT2D eigenvalue weighted by Gasteiger charge is -2.17. The first-order valence-corrected chi connectivity index (χ1v) is 14.2. The Hall–Kier alpha value is -4.36. The number of aryl methyl sites for hydroxylation is 2. The molecule has 2 aliphatic rings. The fraction of sp³-hybridized carbons (Fsp3) is 0.290. The lowest BCUT2D eigenvalue weighted by atomic mass is 9.96. The highest BCUT2D eigenvalue weighted by Gasteiger charge is 2.41. The highest BCUT2D eigenvalue weighted by Crippen LogP contribution is 2.36. The van der Waals surface area contributed by atoms with Crippen molar-refractivity contribution in [1.82, 2.24) is 4.98 Å². The molecular formula is C31H26FN3O5S. The van der Waals surface area contributed by atoms with E-state index in [1.165, 1.54) is 36.4 Å². The van der Waals surface area contributed by atoms with E-state index in [0.717, 1.165) is 78.6 Å². The average molecular weight is 572 g/mol. The van der Waals surface area contributed by atoms with E-state index in [2.05, 4.69) is 6.07 Å². The Morgan fingerprint density at radius 3 is 2.39 bits per heavy atom. The van der Waals surface area contributed by atoms with Crippen molar-refractivity contribution in [2.24, 2.45) is 0 Å². The number of hydrogen-bond acceptors (Lipinski definition) is 8. The Morgan fingerprint density at radius 1 is 1.00 bits per heavy atom. The van der Waals surface area contributed by atoms with Gasteiger partial charge in [0.1, 0.15) is 16.9 Å². The number of pyridine rings is 1. The van der Waals surface area contributed by atoms with Gasteiger partial charge in [0.2, 0.25) is 11.8 Å². The van der Waals surface area contributed by atoms with Gasteiger partial charge in [0.05, 0.1) is 22.1 Å². The third kappa shape index (κ3) is 6.36. The van der Waals surface area contributed by atoms with Crippen LogP contribution in [-0.2, 0) is 27.2 Å². The number of fused-ring (bicyclic) bond motifs is 1. The van der Waals surface area contributed by atoms with Crippen LogP contribution in [0.5, 0.6) is 0 Å². The number of benzene rings is 2. The van der Waals surface area contributed by atoms with E-state index < -0.39 is 41.2 Å². The van der Waals surface area contributed by atoms with Gasteiger partial charge in [0, 0.05) is 17.7 Å². The molecule has 2 heterocycles. The fourth-order valence-corrected chi connectivity index (χ4v) is 6.02. The summed E-state index contributed by atoms with van der Waals surface area (Å²) in [5.41, 5.74) is 3.10. The van der Waals surface area contributed by atoms with Crippen molar-refractivity contribution in [2.75, 3.05) is 11.5 Å². The predicted molar refractivity (Wildman–Crippen MR) is 149 cm³/mol. The van der Waals surface area contributed by atoms with E-state index >= 15 is 0 Å². The number of anilines is 1. The predicted octanol–water partition coefficient (Wildman–Crippen LogP) is 5.22. The summed E-state index contributed by atoms with van der Waals surface area (Å²) in [6, 6.07) is 14.7. The maximum atomic E-state index is 13.3. The summed E-state index contributed by atoms with van der Waals surface area (Å²) >= 11 is 1.14. The van der Waals surface area contributed by atoms with Crippen LogP contribution in [0.25, 0.3) is 0 Å². The van der Waals surface area contributed by atoms with Gasteiger partial charge in [-0.2, -0.15) is 5.26 Å².